The molecule has 0 spiro atoms. The van der Waals surface area contributed by atoms with Crippen LogP contribution in [0.2, 0.25) is 5.02 Å². The number of nitrogens with one attached hydrogen (secondary N) is 2. The minimum absolute atomic E-state index is 0.0104. The fraction of sp³-hybridized carbons (Fsp3) is 0.368. The van der Waals surface area contributed by atoms with Crippen molar-refractivity contribution in [2.24, 2.45) is 0 Å². The van der Waals surface area contributed by atoms with Gasteiger partial charge < -0.3 is 15.0 Å². The molecule has 1 aliphatic rings. The number of benzene rings is 1. The van der Waals surface area contributed by atoms with E-state index in [1.54, 1.807) is 25.1 Å². The Balaban J connectivity index is 1.96. The number of carbonyl (C=O) groups excluding carboxylic acids is 1. The average molecular weight is 379 g/mol. The first-order valence-corrected chi connectivity index (χ1v) is 8.96. The van der Waals surface area contributed by atoms with E-state index < -0.39 is 11.4 Å². The molecule has 2 aromatic rings. The number of hydrogen-bond acceptors (Lipinski definition) is 3. The van der Waals surface area contributed by atoms with Crippen LogP contribution in [0.4, 0.5) is 4.39 Å². The lowest BCUT2D eigenvalue weighted by atomic mass is 9.88. The first kappa shape index (κ1) is 18.5. The summed E-state index contributed by atoms with van der Waals surface area (Å²) >= 11 is 5.82. The quantitative estimate of drug-likeness (QED) is 0.809. The number of H-pyrrole nitrogens is 1. The maximum Gasteiger partial charge on any atom is 0.266 e. The summed E-state index contributed by atoms with van der Waals surface area (Å²) in [6, 6.07) is 8.01. The Hall–Kier alpha value is -2.34. The molecule has 1 aliphatic heterocycles. The Kier molecular flexibility index (Phi) is 5.61. The summed E-state index contributed by atoms with van der Waals surface area (Å²) in [6.45, 7) is 2.16. The molecule has 1 saturated heterocycles. The molecule has 1 fully saturated rings. The number of carbonyl (C=O) groups is 1. The van der Waals surface area contributed by atoms with Crippen LogP contribution in [0.3, 0.4) is 0 Å². The van der Waals surface area contributed by atoms with Gasteiger partial charge in [-0.05, 0) is 49.6 Å². The lowest BCUT2D eigenvalue weighted by Crippen LogP contribution is -2.28. The van der Waals surface area contributed by atoms with E-state index in [-0.39, 0.29) is 28.6 Å². The van der Waals surface area contributed by atoms with Crippen molar-refractivity contribution < 1.29 is 13.9 Å². The maximum atomic E-state index is 14.3. The molecule has 26 heavy (non-hydrogen) atoms. The van der Waals surface area contributed by atoms with Gasteiger partial charge >= 0.3 is 0 Å². The van der Waals surface area contributed by atoms with E-state index in [9.17, 15) is 14.0 Å². The van der Waals surface area contributed by atoms with Gasteiger partial charge in [-0.1, -0.05) is 17.7 Å². The van der Waals surface area contributed by atoms with Gasteiger partial charge in [0.1, 0.15) is 5.02 Å². The number of aromatic amines is 1. The zero-order valence-electron chi connectivity index (χ0n) is 14.4. The molecule has 1 aromatic heterocycles. The van der Waals surface area contributed by atoms with E-state index >= 15 is 0 Å². The topological polar surface area (TPSA) is 71.2 Å². The zero-order valence-corrected chi connectivity index (χ0v) is 15.1. The van der Waals surface area contributed by atoms with Crippen LogP contribution in [0.25, 0.3) is 0 Å². The predicted molar refractivity (Wildman–Crippen MR) is 97.3 cm³/mol. The van der Waals surface area contributed by atoms with Crippen LogP contribution in [-0.2, 0) is 4.79 Å². The Morgan fingerprint density at radius 1 is 1.31 bits per heavy atom. The molecule has 1 unspecified atom stereocenters. The van der Waals surface area contributed by atoms with Crippen molar-refractivity contribution in [2.75, 3.05) is 6.61 Å². The molecule has 1 amide bonds. The fourth-order valence-electron chi connectivity index (χ4n) is 3.26. The first-order valence-electron chi connectivity index (χ1n) is 8.58. The molecule has 0 bridgehead atoms. The summed E-state index contributed by atoms with van der Waals surface area (Å²) in [4.78, 5) is 26.2. The van der Waals surface area contributed by atoms with E-state index in [1.165, 1.54) is 12.1 Å². The SMILES string of the molecule is CCOc1ccc(C(C[C@H]2CCC(=O)N2)c2ccc(Cl)c(=O)[nH]2)cc1F. The molecular formula is C19H20ClFN2O3. The normalized spacial score (nSPS) is 17.8. The van der Waals surface area contributed by atoms with E-state index in [0.29, 0.717) is 37.1 Å². The zero-order chi connectivity index (χ0) is 18.7. The van der Waals surface area contributed by atoms with Crippen molar-refractivity contribution in [3.63, 3.8) is 0 Å². The molecule has 138 valence electrons. The number of hydrogen-bond donors (Lipinski definition) is 2. The minimum Gasteiger partial charge on any atom is -0.491 e. The molecule has 1 aromatic carbocycles. The summed E-state index contributed by atoms with van der Waals surface area (Å²) < 4.78 is 19.6. The molecule has 0 aliphatic carbocycles. The van der Waals surface area contributed by atoms with E-state index in [2.05, 4.69) is 10.3 Å². The summed E-state index contributed by atoms with van der Waals surface area (Å²) in [7, 11) is 0. The molecular weight excluding hydrogens is 359 g/mol. The minimum atomic E-state index is -0.457. The van der Waals surface area contributed by atoms with Gasteiger partial charge in [-0.15, -0.1) is 0 Å². The van der Waals surface area contributed by atoms with Crippen LogP contribution in [0.15, 0.2) is 35.1 Å². The standard InChI is InChI=1S/C19H20ClFN2O3/c1-2-26-17-7-3-11(9-15(17)21)13(10-12-4-8-18(24)22-12)16-6-5-14(20)19(25)23-16/h3,5-7,9,12-13H,2,4,8,10H2,1H3,(H,22,24)(H,23,25)/t12-,13?/m1/s1. The fourth-order valence-corrected chi connectivity index (χ4v) is 3.37. The summed E-state index contributed by atoms with van der Waals surface area (Å²) in [5.41, 5.74) is 0.935. The van der Waals surface area contributed by atoms with Crippen LogP contribution in [-0.4, -0.2) is 23.5 Å². The third kappa shape index (κ3) is 4.07. The van der Waals surface area contributed by atoms with Crippen molar-refractivity contribution >= 4 is 17.5 Å². The number of pyridine rings is 1. The number of aromatic nitrogens is 1. The second-order valence-electron chi connectivity index (χ2n) is 6.31. The molecule has 5 nitrogen and oxygen atoms in total. The molecule has 2 heterocycles. The van der Waals surface area contributed by atoms with Gasteiger partial charge in [-0.3, -0.25) is 9.59 Å². The Bertz CT molecular complexity index is 868. The second-order valence-corrected chi connectivity index (χ2v) is 6.71. The number of ether oxygens (including phenoxy) is 1. The molecule has 0 saturated carbocycles. The van der Waals surface area contributed by atoms with Gasteiger partial charge in [0.25, 0.3) is 5.56 Å². The predicted octanol–water partition coefficient (Wildman–Crippen LogP) is 3.37. The molecule has 0 radical (unpaired) electrons. The first-order chi connectivity index (χ1) is 12.5. The van der Waals surface area contributed by atoms with Crippen LogP contribution >= 0.6 is 11.6 Å². The van der Waals surface area contributed by atoms with Gasteiger partial charge in [0.05, 0.1) is 6.61 Å². The van der Waals surface area contributed by atoms with Crippen LogP contribution in [0.1, 0.15) is 43.4 Å². The largest absolute Gasteiger partial charge is 0.491 e. The smallest absolute Gasteiger partial charge is 0.266 e. The van der Waals surface area contributed by atoms with Crippen molar-refractivity contribution in [2.45, 2.75) is 38.1 Å². The van der Waals surface area contributed by atoms with Crippen molar-refractivity contribution in [3.05, 3.63) is 62.8 Å². The van der Waals surface area contributed by atoms with Crippen molar-refractivity contribution in [1.82, 2.24) is 10.3 Å². The van der Waals surface area contributed by atoms with Crippen molar-refractivity contribution in [1.29, 1.82) is 0 Å². The highest BCUT2D eigenvalue weighted by atomic mass is 35.5. The second kappa shape index (κ2) is 7.91. The van der Waals surface area contributed by atoms with E-state index in [0.717, 1.165) is 0 Å². The summed E-state index contributed by atoms with van der Waals surface area (Å²) in [5, 5.41) is 3.02. The maximum absolute atomic E-state index is 14.3. The summed E-state index contributed by atoms with van der Waals surface area (Å²) in [5.74, 6) is -0.542. The van der Waals surface area contributed by atoms with E-state index in [4.69, 9.17) is 16.3 Å². The van der Waals surface area contributed by atoms with Gasteiger partial charge in [0, 0.05) is 24.1 Å². The summed E-state index contributed by atoms with van der Waals surface area (Å²) in [6.07, 6.45) is 1.75. The molecule has 2 atom stereocenters. The van der Waals surface area contributed by atoms with E-state index in [1.807, 2.05) is 0 Å². The third-order valence-electron chi connectivity index (χ3n) is 4.52. The molecule has 7 heteroatoms. The Labute approximate surface area is 155 Å². The van der Waals surface area contributed by atoms with Crippen LogP contribution in [0.5, 0.6) is 5.75 Å². The third-order valence-corrected chi connectivity index (χ3v) is 4.82. The number of amides is 1. The van der Waals surface area contributed by atoms with Crippen molar-refractivity contribution in [3.8, 4) is 5.75 Å². The van der Waals surface area contributed by atoms with Crippen LogP contribution in [0, 0.1) is 5.82 Å². The molecule has 3 rings (SSSR count). The van der Waals surface area contributed by atoms with Gasteiger partial charge in [-0.2, -0.15) is 0 Å². The van der Waals surface area contributed by atoms with Crippen LogP contribution < -0.4 is 15.6 Å². The Morgan fingerprint density at radius 3 is 2.73 bits per heavy atom. The van der Waals surface area contributed by atoms with Gasteiger partial charge in [-0.25, -0.2) is 4.39 Å². The highest BCUT2D eigenvalue weighted by Gasteiger charge is 2.27. The molecule has 2 N–H and O–H groups in total. The van der Waals surface area contributed by atoms with Gasteiger partial charge in [0.2, 0.25) is 5.91 Å². The number of halogens is 2. The Morgan fingerprint density at radius 2 is 2.12 bits per heavy atom. The lowest BCUT2D eigenvalue weighted by molar-refractivity contribution is -0.119. The number of rotatable bonds is 6. The highest BCUT2D eigenvalue weighted by Crippen LogP contribution is 2.32. The van der Waals surface area contributed by atoms with Gasteiger partial charge in [0.15, 0.2) is 11.6 Å². The monoisotopic (exact) mass is 378 g/mol. The average Bonchev–Trinajstić information content (AvgIpc) is 3.02. The lowest BCUT2D eigenvalue weighted by Gasteiger charge is -2.22. The highest BCUT2D eigenvalue weighted by molar-refractivity contribution is 6.30.